The fourth-order valence-electron chi connectivity index (χ4n) is 2.83. The van der Waals surface area contributed by atoms with E-state index in [2.05, 4.69) is 55.3 Å². The molecule has 0 bridgehead atoms. The summed E-state index contributed by atoms with van der Waals surface area (Å²) in [6.45, 7) is 11.4. The molecule has 21 heavy (non-hydrogen) atoms. The Morgan fingerprint density at radius 2 is 1.90 bits per heavy atom. The van der Waals surface area contributed by atoms with Gasteiger partial charge in [0, 0.05) is 12.6 Å². The molecule has 2 nitrogen and oxygen atoms in total. The number of likely N-dealkylation sites (N-methyl/N-ethyl adjacent to an activating group) is 1. The summed E-state index contributed by atoms with van der Waals surface area (Å²) >= 11 is 0. The Bertz CT molecular complexity index is 410. The van der Waals surface area contributed by atoms with Crippen LogP contribution in [0.1, 0.15) is 51.2 Å². The van der Waals surface area contributed by atoms with Crippen LogP contribution < -0.4 is 5.32 Å². The van der Waals surface area contributed by atoms with Crippen molar-refractivity contribution in [1.29, 1.82) is 0 Å². The van der Waals surface area contributed by atoms with E-state index in [-0.39, 0.29) is 0 Å². The van der Waals surface area contributed by atoms with Crippen LogP contribution in [0.4, 0.5) is 0 Å². The molecule has 1 fully saturated rings. The molecule has 0 atom stereocenters. The normalized spacial score (nSPS) is 15.1. The molecule has 1 aromatic carbocycles. The molecule has 2 heteroatoms. The molecule has 1 aromatic rings. The molecule has 0 unspecified atom stereocenters. The monoisotopic (exact) mass is 288 g/mol. The maximum atomic E-state index is 3.44. The Morgan fingerprint density at radius 3 is 2.52 bits per heavy atom. The third-order valence-electron chi connectivity index (χ3n) is 4.37. The van der Waals surface area contributed by atoms with Gasteiger partial charge in [-0.25, -0.2) is 0 Å². The van der Waals surface area contributed by atoms with Gasteiger partial charge >= 0.3 is 0 Å². The predicted octanol–water partition coefficient (Wildman–Crippen LogP) is 3.85. The van der Waals surface area contributed by atoms with E-state index in [4.69, 9.17) is 0 Å². The molecule has 1 aliphatic carbocycles. The summed E-state index contributed by atoms with van der Waals surface area (Å²) in [5, 5.41) is 3.44. The average molecular weight is 288 g/mol. The van der Waals surface area contributed by atoms with Gasteiger partial charge in [-0.15, -0.1) is 0 Å². The van der Waals surface area contributed by atoms with Gasteiger partial charge in [-0.05, 0) is 62.4 Å². The lowest BCUT2D eigenvalue weighted by Crippen LogP contribution is -2.28. The number of hydrogen-bond acceptors (Lipinski definition) is 2. The Kier molecular flexibility index (Phi) is 6.72. The van der Waals surface area contributed by atoms with Gasteiger partial charge in [0.1, 0.15) is 0 Å². The van der Waals surface area contributed by atoms with Crippen LogP contribution in [0.2, 0.25) is 0 Å². The minimum Gasteiger partial charge on any atom is -0.317 e. The fourth-order valence-corrected chi connectivity index (χ4v) is 2.83. The van der Waals surface area contributed by atoms with Crippen LogP contribution in [0.5, 0.6) is 0 Å². The molecule has 0 aromatic heterocycles. The average Bonchev–Trinajstić information content (AvgIpc) is 3.29. The zero-order chi connectivity index (χ0) is 15.1. The van der Waals surface area contributed by atoms with E-state index in [0.717, 1.165) is 38.0 Å². The van der Waals surface area contributed by atoms with Crippen molar-refractivity contribution in [3.8, 4) is 0 Å². The van der Waals surface area contributed by atoms with Crippen LogP contribution in [0.15, 0.2) is 24.3 Å². The smallest absolute Gasteiger partial charge is 0.0239 e. The van der Waals surface area contributed by atoms with Crippen LogP contribution in [0.25, 0.3) is 0 Å². The standard InChI is InChI=1S/C19H32N2/c1-4-20-13-11-17-7-5-6-8-18(17)15-21(19-9-10-19)14-12-16(2)3/h5-8,16,19-20H,4,9-15H2,1-3H3. The summed E-state index contributed by atoms with van der Waals surface area (Å²) in [5.74, 6) is 0.801. The molecule has 0 amide bonds. The Labute approximate surface area is 130 Å². The molecule has 1 N–H and O–H groups in total. The number of nitrogens with one attached hydrogen (secondary N) is 1. The first-order valence-electron chi connectivity index (χ1n) is 8.72. The maximum absolute atomic E-state index is 3.44. The molecule has 0 saturated heterocycles. The largest absolute Gasteiger partial charge is 0.317 e. The molecule has 0 spiro atoms. The van der Waals surface area contributed by atoms with Crippen molar-refractivity contribution in [2.24, 2.45) is 5.92 Å². The van der Waals surface area contributed by atoms with Gasteiger partial charge in [0.15, 0.2) is 0 Å². The Hall–Kier alpha value is -0.860. The van der Waals surface area contributed by atoms with Gasteiger partial charge in [0.05, 0.1) is 0 Å². The number of nitrogens with zero attached hydrogens (tertiary/aromatic N) is 1. The lowest BCUT2D eigenvalue weighted by Gasteiger charge is -2.24. The van der Waals surface area contributed by atoms with Gasteiger partial charge < -0.3 is 5.32 Å². The topological polar surface area (TPSA) is 15.3 Å². The second-order valence-electron chi connectivity index (χ2n) is 6.76. The SMILES string of the molecule is CCNCCc1ccccc1CN(CCC(C)C)C1CC1. The highest BCUT2D eigenvalue weighted by Crippen LogP contribution is 2.29. The summed E-state index contributed by atoms with van der Waals surface area (Å²) < 4.78 is 0. The van der Waals surface area contributed by atoms with Crippen molar-refractivity contribution in [1.82, 2.24) is 10.2 Å². The van der Waals surface area contributed by atoms with E-state index in [0.29, 0.717) is 0 Å². The first-order chi connectivity index (χ1) is 10.2. The van der Waals surface area contributed by atoms with E-state index < -0.39 is 0 Å². The second kappa shape index (κ2) is 8.55. The minimum atomic E-state index is 0.801. The second-order valence-corrected chi connectivity index (χ2v) is 6.76. The van der Waals surface area contributed by atoms with Crippen LogP contribution >= 0.6 is 0 Å². The van der Waals surface area contributed by atoms with Crippen molar-refractivity contribution >= 4 is 0 Å². The van der Waals surface area contributed by atoms with E-state index >= 15 is 0 Å². The summed E-state index contributed by atoms with van der Waals surface area (Å²) in [6, 6.07) is 9.86. The molecule has 118 valence electrons. The van der Waals surface area contributed by atoms with Crippen molar-refractivity contribution in [2.45, 2.75) is 59.0 Å². The zero-order valence-electron chi connectivity index (χ0n) is 14.1. The molecule has 1 saturated carbocycles. The lowest BCUT2D eigenvalue weighted by atomic mass is 10.0. The molecule has 0 aliphatic heterocycles. The first kappa shape index (κ1) is 16.5. The molecule has 1 aliphatic rings. The zero-order valence-corrected chi connectivity index (χ0v) is 14.1. The quantitative estimate of drug-likeness (QED) is 0.658. The molecule has 2 rings (SSSR count). The third kappa shape index (κ3) is 5.80. The third-order valence-corrected chi connectivity index (χ3v) is 4.37. The van der Waals surface area contributed by atoms with E-state index in [1.165, 1.54) is 36.9 Å². The van der Waals surface area contributed by atoms with E-state index in [1.807, 2.05) is 0 Å². The number of rotatable bonds is 10. The van der Waals surface area contributed by atoms with Crippen LogP contribution in [-0.2, 0) is 13.0 Å². The van der Waals surface area contributed by atoms with Crippen LogP contribution in [-0.4, -0.2) is 30.6 Å². The van der Waals surface area contributed by atoms with Gasteiger partial charge in [-0.2, -0.15) is 0 Å². The highest BCUT2D eigenvalue weighted by molar-refractivity contribution is 5.27. The van der Waals surface area contributed by atoms with Gasteiger partial charge in [-0.3, -0.25) is 4.90 Å². The van der Waals surface area contributed by atoms with Crippen molar-refractivity contribution in [3.05, 3.63) is 35.4 Å². The molecule has 0 radical (unpaired) electrons. The Morgan fingerprint density at radius 1 is 1.19 bits per heavy atom. The summed E-state index contributed by atoms with van der Waals surface area (Å²) in [4.78, 5) is 2.71. The summed E-state index contributed by atoms with van der Waals surface area (Å²) in [5.41, 5.74) is 3.06. The van der Waals surface area contributed by atoms with Crippen molar-refractivity contribution in [3.63, 3.8) is 0 Å². The highest BCUT2D eigenvalue weighted by Gasteiger charge is 2.28. The van der Waals surface area contributed by atoms with Gasteiger partial charge in [0.2, 0.25) is 0 Å². The minimum absolute atomic E-state index is 0.801. The molecular weight excluding hydrogens is 256 g/mol. The number of hydrogen-bond donors (Lipinski definition) is 1. The fraction of sp³-hybridized carbons (Fsp3) is 0.684. The molecular formula is C19H32N2. The van der Waals surface area contributed by atoms with Crippen molar-refractivity contribution < 1.29 is 0 Å². The Balaban J connectivity index is 1.95. The van der Waals surface area contributed by atoms with Crippen molar-refractivity contribution in [2.75, 3.05) is 19.6 Å². The summed E-state index contributed by atoms with van der Waals surface area (Å²) in [6.07, 6.45) is 5.26. The highest BCUT2D eigenvalue weighted by atomic mass is 15.2. The van der Waals surface area contributed by atoms with E-state index in [1.54, 1.807) is 0 Å². The first-order valence-corrected chi connectivity index (χ1v) is 8.72. The predicted molar refractivity (Wildman–Crippen MR) is 91.6 cm³/mol. The van der Waals surface area contributed by atoms with Gasteiger partial charge in [0.25, 0.3) is 0 Å². The number of benzene rings is 1. The lowest BCUT2D eigenvalue weighted by molar-refractivity contribution is 0.239. The van der Waals surface area contributed by atoms with Crippen LogP contribution in [0.3, 0.4) is 0 Å². The van der Waals surface area contributed by atoms with E-state index in [9.17, 15) is 0 Å². The van der Waals surface area contributed by atoms with Crippen LogP contribution in [0, 0.1) is 5.92 Å². The summed E-state index contributed by atoms with van der Waals surface area (Å²) in [7, 11) is 0. The van der Waals surface area contributed by atoms with Gasteiger partial charge in [-0.1, -0.05) is 45.0 Å². The molecule has 0 heterocycles. The maximum Gasteiger partial charge on any atom is 0.0239 e.